The number of para-hydroxylation sites is 1. The van der Waals surface area contributed by atoms with Gasteiger partial charge in [0.25, 0.3) is 0 Å². The molecule has 2 heterocycles. The van der Waals surface area contributed by atoms with Gasteiger partial charge in [-0.15, -0.1) is 24.0 Å². The minimum Gasteiger partial charge on any atom is -0.493 e. The van der Waals surface area contributed by atoms with Gasteiger partial charge in [0.2, 0.25) is 0 Å². The first kappa shape index (κ1) is 23.3. The molecule has 2 N–H and O–H groups in total. The molecule has 1 atom stereocenters. The number of methoxy groups -OCH3 is 2. The van der Waals surface area contributed by atoms with Crippen molar-refractivity contribution in [1.82, 2.24) is 15.5 Å². The summed E-state index contributed by atoms with van der Waals surface area (Å²) in [5, 5.41) is 6.79. The fourth-order valence-corrected chi connectivity index (χ4v) is 3.63. The Morgan fingerprint density at radius 3 is 2.55 bits per heavy atom. The molecule has 2 aromatic rings. The molecule has 0 bridgehead atoms. The van der Waals surface area contributed by atoms with E-state index < -0.39 is 0 Å². The van der Waals surface area contributed by atoms with E-state index in [9.17, 15) is 0 Å². The van der Waals surface area contributed by atoms with Crippen molar-refractivity contribution in [3.63, 3.8) is 0 Å². The van der Waals surface area contributed by atoms with Crippen molar-refractivity contribution in [2.45, 2.75) is 25.4 Å². The first-order valence-electron chi connectivity index (χ1n) is 9.68. The van der Waals surface area contributed by atoms with Gasteiger partial charge in [-0.3, -0.25) is 9.89 Å². The molecule has 1 aromatic carbocycles. The zero-order valence-corrected chi connectivity index (χ0v) is 19.6. The molecule has 0 amide bonds. The standard InChI is InChI=1S/C21H30N4O3.HI/c1-22-21(23-14-16-8-6-9-19(26-2)20(16)27-3)24-15-17(18-10-7-13-28-18)25-11-4-5-12-25;/h6-10,13,17H,4-5,11-12,14-15H2,1-3H3,(H2,22,23,24);1H. The second-order valence-corrected chi connectivity index (χ2v) is 6.73. The fourth-order valence-electron chi connectivity index (χ4n) is 3.63. The van der Waals surface area contributed by atoms with Crippen molar-refractivity contribution in [2.75, 3.05) is 40.9 Å². The third-order valence-electron chi connectivity index (χ3n) is 5.07. The van der Waals surface area contributed by atoms with E-state index in [1.165, 1.54) is 12.8 Å². The summed E-state index contributed by atoms with van der Waals surface area (Å²) in [6.07, 6.45) is 4.21. The highest BCUT2D eigenvalue weighted by Gasteiger charge is 2.25. The maximum Gasteiger partial charge on any atom is 0.191 e. The lowest BCUT2D eigenvalue weighted by molar-refractivity contribution is 0.215. The Kier molecular flexibility index (Phi) is 9.59. The van der Waals surface area contributed by atoms with Crippen LogP contribution in [0.1, 0.15) is 30.2 Å². The van der Waals surface area contributed by atoms with Crippen LogP contribution in [0.4, 0.5) is 0 Å². The molecular formula is C21H31IN4O3. The van der Waals surface area contributed by atoms with E-state index in [0.717, 1.165) is 48.4 Å². The summed E-state index contributed by atoms with van der Waals surface area (Å²) in [4.78, 5) is 6.82. The third-order valence-corrected chi connectivity index (χ3v) is 5.07. The first-order chi connectivity index (χ1) is 13.8. The number of hydrogen-bond donors (Lipinski definition) is 2. The van der Waals surface area contributed by atoms with Gasteiger partial charge in [0, 0.05) is 25.7 Å². The summed E-state index contributed by atoms with van der Waals surface area (Å²) in [5.74, 6) is 3.18. The predicted molar refractivity (Wildman–Crippen MR) is 125 cm³/mol. The van der Waals surface area contributed by atoms with Gasteiger partial charge in [-0.05, 0) is 44.1 Å². The number of furan rings is 1. The molecule has 29 heavy (non-hydrogen) atoms. The van der Waals surface area contributed by atoms with Crippen molar-refractivity contribution in [3.8, 4) is 11.5 Å². The smallest absolute Gasteiger partial charge is 0.191 e. The van der Waals surface area contributed by atoms with Crippen LogP contribution in [-0.4, -0.2) is 51.8 Å². The van der Waals surface area contributed by atoms with E-state index in [0.29, 0.717) is 6.54 Å². The molecule has 1 aliphatic rings. The average Bonchev–Trinajstić information content (AvgIpc) is 3.44. The fraction of sp³-hybridized carbons (Fsp3) is 0.476. The Morgan fingerprint density at radius 2 is 1.93 bits per heavy atom. The summed E-state index contributed by atoms with van der Waals surface area (Å²) in [6.45, 7) is 3.50. The zero-order chi connectivity index (χ0) is 19.8. The topological polar surface area (TPSA) is 71.3 Å². The maximum absolute atomic E-state index is 5.69. The molecule has 7 nitrogen and oxygen atoms in total. The summed E-state index contributed by atoms with van der Waals surface area (Å²) in [6, 6.07) is 10.0. The van der Waals surface area contributed by atoms with Crippen LogP contribution in [0, 0.1) is 0 Å². The van der Waals surface area contributed by atoms with E-state index in [2.05, 4.69) is 20.5 Å². The van der Waals surface area contributed by atoms with Gasteiger partial charge in [0.1, 0.15) is 5.76 Å². The third kappa shape index (κ3) is 6.02. The monoisotopic (exact) mass is 514 g/mol. The van der Waals surface area contributed by atoms with Crippen LogP contribution >= 0.6 is 24.0 Å². The number of benzene rings is 1. The van der Waals surface area contributed by atoms with Crippen LogP contribution in [-0.2, 0) is 6.54 Å². The second-order valence-electron chi connectivity index (χ2n) is 6.73. The Morgan fingerprint density at radius 1 is 1.14 bits per heavy atom. The van der Waals surface area contributed by atoms with Gasteiger partial charge in [0.05, 0.1) is 26.5 Å². The number of nitrogens with one attached hydrogen (secondary N) is 2. The van der Waals surface area contributed by atoms with Gasteiger partial charge >= 0.3 is 0 Å². The number of nitrogens with zero attached hydrogens (tertiary/aromatic N) is 2. The molecule has 1 aromatic heterocycles. The maximum atomic E-state index is 5.69. The van der Waals surface area contributed by atoms with Crippen molar-refractivity contribution in [3.05, 3.63) is 47.9 Å². The number of rotatable bonds is 8. The highest BCUT2D eigenvalue weighted by atomic mass is 127. The quantitative estimate of drug-likeness (QED) is 0.320. The SMILES string of the molecule is CN=C(NCc1cccc(OC)c1OC)NCC(c1ccco1)N1CCCC1.I. The van der Waals surface area contributed by atoms with Gasteiger partial charge in [-0.25, -0.2) is 0 Å². The molecule has 0 radical (unpaired) electrons. The minimum absolute atomic E-state index is 0. The van der Waals surface area contributed by atoms with Crippen LogP contribution in [0.2, 0.25) is 0 Å². The Bertz CT molecular complexity index is 761. The molecule has 1 saturated heterocycles. The molecule has 0 aliphatic carbocycles. The highest BCUT2D eigenvalue weighted by molar-refractivity contribution is 14.0. The number of guanidine groups is 1. The lowest BCUT2D eigenvalue weighted by atomic mass is 10.2. The van der Waals surface area contributed by atoms with Gasteiger partial charge in [0.15, 0.2) is 17.5 Å². The molecule has 0 spiro atoms. The normalized spacial score (nSPS) is 15.5. The number of ether oxygens (including phenoxy) is 2. The average molecular weight is 514 g/mol. The highest BCUT2D eigenvalue weighted by Crippen LogP contribution is 2.30. The van der Waals surface area contributed by atoms with E-state index in [1.807, 2.05) is 30.3 Å². The van der Waals surface area contributed by atoms with Gasteiger partial charge < -0.3 is 24.5 Å². The van der Waals surface area contributed by atoms with E-state index in [4.69, 9.17) is 13.9 Å². The Balaban J connectivity index is 0.00000300. The van der Waals surface area contributed by atoms with Crippen molar-refractivity contribution in [1.29, 1.82) is 0 Å². The number of halogens is 1. The van der Waals surface area contributed by atoms with Crippen LogP contribution in [0.25, 0.3) is 0 Å². The lowest BCUT2D eigenvalue weighted by Gasteiger charge is -2.26. The van der Waals surface area contributed by atoms with Crippen molar-refractivity contribution < 1.29 is 13.9 Å². The molecule has 0 saturated carbocycles. The Labute approximate surface area is 189 Å². The van der Waals surface area contributed by atoms with Crippen LogP contribution in [0.15, 0.2) is 46.0 Å². The van der Waals surface area contributed by atoms with Crippen LogP contribution < -0.4 is 20.1 Å². The molecule has 1 fully saturated rings. The number of hydrogen-bond acceptors (Lipinski definition) is 5. The zero-order valence-electron chi connectivity index (χ0n) is 17.3. The largest absolute Gasteiger partial charge is 0.493 e. The van der Waals surface area contributed by atoms with Gasteiger partial charge in [-0.2, -0.15) is 0 Å². The van der Waals surface area contributed by atoms with Crippen LogP contribution in [0.3, 0.4) is 0 Å². The molecule has 1 unspecified atom stereocenters. The minimum atomic E-state index is 0. The predicted octanol–water partition coefficient (Wildman–Crippen LogP) is 3.42. The Hall–Kier alpha value is -1.94. The summed E-state index contributed by atoms with van der Waals surface area (Å²) < 4.78 is 16.6. The first-order valence-corrected chi connectivity index (χ1v) is 9.68. The number of likely N-dealkylation sites (tertiary alicyclic amines) is 1. The summed E-state index contributed by atoms with van der Waals surface area (Å²) >= 11 is 0. The van der Waals surface area contributed by atoms with E-state index >= 15 is 0 Å². The summed E-state index contributed by atoms with van der Waals surface area (Å²) in [7, 11) is 5.07. The van der Waals surface area contributed by atoms with Crippen molar-refractivity contribution in [2.24, 2.45) is 4.99 Å². The molecular weight excluding hydrogens is 483 g/mol. The number of aliphatic imine (C=N–C) groups is 1. The van der Waals surface area contributed by atoms with E-state index in [1.54, 1.807) is 27.5 Å². The molecule has 8 heteroatoms. The van der Waals surface area contributed by atoms with Gasteiger partial charge in [-0.1, -0.05) is 12.1 Å². The second kappa shape index (κ2) is 11.9. The lowest BCUT2D eigenvalue weighted by Crippen LogP contribution is -2.42. The molecule has 3 rings (SSSR count). The van der Waals surface area contributed by atoms with Crippen molar-refractivity contribution >= 4 is 29.9 Å². The van der Waals surface area contributed by atoms with E-state index in [-0.39, 0.29) is 30.0 Å². The summed E-state index contributed by atoms with van der Waals surface area (Å²) in [5.41, 5.74) is 1.01. The van der Waals surface area contributed by atoms with Crippen LogP contribution in [0.5, 0.6) is 11.5 Å². The molecule has 160 valence electrons. The molecule has 1 aliphatic heterocycles.